The second kappa shape index (κ2) is 7.04. The summed E-state index contributed by atoms with van der Waals surface area (Å²) in [6.07, 6.45) is -4.76. The topological polar surface area (TPSA) is 61.2 Å². The average Bonchev–Trinajstić information content (AvgIpc) is 2.54. The molecule has 0 aliphatic heterocycles. The van der Waals surface area contributed by atoms with Gasteiger partial charge in [0.1, 0.15) is 0 Å². The molecule has 2 rings (SSSR count). The largest absolute Gasteiger partial charge is 0.417 e. The number of nitrogens with zero attached hydrogens (tertiary/aromatic N) is 2. The molecular weight excluding hydrogens is 377 g/mol. The second-order valence-corrected chi connectivity index (χ2v) is 7.66. The van der Waals surface area contributed by atoms with E-state index in [9.17, 15) is 21.6 Å². The van der Waals surface area contributed by atoms with Crippen molar-refractivity contribution in [1.29, 1.82) is 5.26 Å². The minimum absolute atomic E-state index is 0.0575. The molecule has 0 atom stereocenters. The quantitative estimate of drug-likeness (QED) is 0.793. The molecular formula is C16H12ClF3N2O2S. The van der Waals surface area contributed by atoms with Gasteiger partial charge in [0.05, 0.1) is 27.1 Å². The number of hydrogen-bond acceptors (Lipinski definition) is 3. The van der Waals surface area contributed by atoms with Gasteiger partial charge in [-0.25, -0.2) is 8.42 Å². The highest BCUT2D eigenvalue weighted by molar-refractivity contribution is 7.89. The number of nitriles is 1. The predicted octanol–water partition coefficient (Wildman–Crippen LogP) is 4.05. The Bertz CT molecular complexity index is 920. The standard InChI is InChI=1S/C16H12ClF3N2O2S/c1-22(10-12-4-2-11(9-21)3-5-12)25(23,24)13-6-7-15(17)14(8-13)16(18,19)20/h2-8H,10H2,1H3. The van der Waals surface area contributed by atoms with Crippen molar-refractivity contribution in [2.24, 2.45) is 0 Å². The lowest BCUT2D eigenvalue weighted by atomic mass is 10.1. The molecule has 0 aliphatic carbocycles. The first-order chi connectivity index (χ1) is 11.6. The van der Waals surface area contributed by atoms with Crippen LogP contribution >= 0.6 is 11.6 Å². The summed E-state index contributed by atoms with van der Waals surface area (Å²) in [6.45, 7) is -0.0575. The summed E-state index contributed by atoms with van der Waals surface area (Å²) in [5.41, 5.74) is -0.195. The maximum atomic E-state index is 12.9. The Morgan fingerprint density at radius 2 is 1.76 bits per heavy atom. The molecule has 4 nitrogen and oxygen atoms in total. The lowest BCUT2D eigenvalue weighted by molar-refractivity contribution is -0.137. The maximum Gasteiger partial charge on any atom is 0.417 e. The third-order valence-corrected chi connectivity index (χ3v) is 5.57. The highest BCUT2D eigenvalue weighted by atomic mass is 35.5. The first-order valence-electron chi connectivity index (χ1n) is 6.88. The fourth-order valence-corrected chi connectivity index (χ4v) is 3.50. The number of hydrogen-bond donors (Lipinski definition) is 0. The van der Waals surface area contributed by atoms with Crippen LogP contribution in [-0.4, -0.2) is 19.8 Å². The Kier molecular flexibility index (Phi) is 5.42. The summed E-state index contributed by atoms with van der Waals surface area (Å²) in [6, 6.07) is 10.6. The van der Waals surface area contributed by atoms with Crippen molar-refractivity contribution >= 4 is 21.6 Å². The van der Waals surface area contributed by atoms with Crippen LogP contribution in [0.25, 0.3) is 0 Å². The van der Waals surface area contributed by atoms with Gasteiger partial charge in [0.2, 0.25) is 10.0 Å². The van der Waals surface area contributed by atoms with Crippen molar-refractivity contribution in [2.75, 3.05) is 7.05 Å². The number of benzene rings is 2. The monoisotopic (exact) mass is 388 g/mol. The summed E-state index contributed by atoms with van der Waals surface area (Å²) >= 11 is 5.51. The van der Waals surface area contributed by atoms with Crippen molar-refractivity contribution in [1.82, 2.24) is 4.31 Å². The van der Waals surface area contributed by atoms with Crippen LogP contribution in [0.1, 0.15) is 16.7 Å². The normalized spacial score (nSPS) is 12.2. The number of rotatable bonds is 4. The first-order valence-corrected chi connectivity index (χ1v) is 8.69. The molecule has 25 heavy (non-hydrogen) atoms. The van der Waals surface area contributed by atoms with E-state index in [-0.39, 0.29) is 6.54 Å². The molecule has 0 aliphatic rings. The Balaban J connectivity index is 2.32. The number of sulfonamides is 1. The van der Waals surface area contributed by atoms with Crippen LogP contribution in [0.5, 0.6) is 0 Å². The molecule has 9 heteroatoms. The fourth-order valence-electron chi connectivity index (χ4n) is 2.09. The number of alkyl halides is 3. The lowest BCUT2D eigenvalue weighted by Crippen LogP contribution is -2.26. The van der Waals surface area contributed by atoms with E-state index in [0.29, 0.717) is 17.2 Å². The van der Waals surface area contributed by atoms with Gasteiger partial charge in [0.15, 0.2) is 0 Å². The van der Waals surface area contributed by atoms with E-state index >= 15 is 0 Å². The second-order valence-electron chi connectivity index (χ2n) is 5.21. The van der Waals surface area contributed by atoms with Crippen LogP contribution < -0.4 is 0 Å². The fraction of sp³-hybridized carbons (Fsp3) is 0.188. The zero-order valence-electron chi connectivity index (χ0n) is 12.9. The van der Waals surface area contributed by atoms with Gasteiger partial charge in [-0.15, -0.1) is 0 Å². The van der Waals surface area contributed by atoms with Crippen LogP contribution in [0.3, 0.4) is 0 Å². The predicted molar refractivity (Wildman–Crippen MR) is 86.3 cm³/mol. The lowest BCUT2D eigenvalue weighted by Gasteiger charge is -2.18. The highest BCUT2D eigenvalue weighted by Crippen LogP contribution is 2.36. The molecule has 0 fully saturated rings. The summed E-state index contributed by atoms with van der Waals surface area (Å²) < 4.78 is 64.7. The smallest absolute Gasteiger partial charge is 0.207 e. The molecule has 2 aromatic rings. The van der Waals surface area contributed by atoms with Gasteiger partial charge < -0.3 is 0 Å². The minimum atomic E-state index is -4.76. The van der Waals surface area contributed by atoms with E-state index < -0.39 is 31.7 Å². The molecule has 132 valence electrons. The van der Waals surface area contributed by atoms with Gasteiger partial charge in [0, 0.05) is 13.6 Å². The van der Waals surface area contributed by atoms with E-state index in [1.54, 1.807) is 12.1 Å². The van der Waals surface area contributed by atoms with Crippen molar-refractivity contribution in [3.05, 3.63) is 64.2 Å². The SMILES string of the molecule is CN(Cc1ccc(C#N)cc1)S(=O)(=O)c1ccc(Cl)c(C(F)(F)F)c1. The number of halogens is 4. The van der Waals surface area contributed by atoms with E-state index in [1.807, 2.05) is 6.07 Å². The van der Waals surface area contributed by atoms with Gasteiger partial charge in [-0.3, -0.25) is 0 Å². The Morgan fingerprint density at radius 3 is 2.28 bits per heavy atom. The summed E-state index contributed by atoms with van der Waals surface area (Å²) in [4.78, 5) is -0.500. The van der Waals surface area contributed by atoms with E-state index in [2.05, 4.69) is 0 Å². The van der Waals surface area contributed by atoms with Crippen molar-refractivity contribution in [3.8, 4) is 6.07 Å². The minimum Gasteiger partial charge on any atom is -0.207 e. The first kappa shape index (κ1) is 19.2. The molecule has 0 bridgehead atoms. The third kappa shape index (κ3) is 4.31. The van der Waals surface area contributed by atoms with Gasteiger partial charge in [0.25, 0.3) is 0 Å². The molecule has 0 spiro atoms. The Hall–Kier alpha value is -2.08. The van der Waals surface area contributed by atoms with Crippen molar-refractivity contribution in [3.63, 3.8) is 0 Å². The molecule has 0 aromatic heterocycles. The zero-order chi connectivity index (χ0) is 18.8. The third-order valence-electron chi connectivity index (χ3n) is 3.44. The Morgan fingerprint density at radius 1 is 1.16 bits per heavy atom. The molecule has 0 saturated heterocycles. The highest BCUT2D eigenvalue weighted by Gasteiger charge is 2.35. The molecule has 0 N–H and O–H groups in total. The molecule has 0 amide bonds. The van der Waals surface area contributed by atoms with Crippen LogP contribution in [-0.2, 0) is 22.7 Å². The van der Waals surface area contributed by atoms with Crippen LogP contribution in [0.15, 0.2) is 47.4 Å². The molecule has 0 heterocycles. The van der Waals surface area contributed by atoms with Gasteiger partial charge in [-0.2, -0.15) is 22.7 Å². The summed E-state index contributed by atoms with van der Waals surface area (Å²) in [5, 5.41) is 8.18. The molecule has 0 unspecified atom stereocenters. The molecule has 0 radical (unpaired) electrons. The maximum absolute atomic E-state index is 12.9. The average molecular weight is 389 g/mol. The summed E-state index contributed by atoms with van der Waals surface area (Å²) in [7, 11) is -2.88. The van der Waals surface area contributed by atoms with Gasteiger partial charge >= 0.3 is 6.18 Å². The van der Waals surface area contributed by atoms with E-state index in [0.717, 1.165) is 16.4 Å². The van der Waals surface area contributed by atoms with Gasteiger partial charge in [-0.05, 0) is 35.9 Å². The Labute approximate surface area is 148 Å². The summed E-state index contributed by atoms with van der Waals surface area (Å²) in [5.74, 6) is 0. The molecule has 0 saturated carbocycles. The molecule has 2 aromatic carbocycles. The van der Waals surface area contributed by atoms with Gasteiger partial charge in [-0.1, -0.05) is 23.7 Å². The van der Waals surface area contributed by atoms with E-state index in [1.165, 1.54) is 19.2 Å². The van der Waals surface area contributed by atoms with Crippen molar-refractivity contribution < 1.29 is 21.6 Å². The van der Waals surface area contributed by atoms with Crippen molar-refractivity contribution in [2.45, 2.75) is 17.6 Å². The van der Waals surface area contributed by atoms with Crippen LogP contribution in [0, 0.1) is 11.3 Å². The van der Waals surface area contributed by atoms with E-state index in [4.69, 9.17) is 16.9 Å². The van der Waals surface area contributed by atoms with Crippen LogP contribution in [0.4, 0.5) is 13.2 Å². The zero-order valence-corrected chi connectivity index (χ0v) is 14.5. The van der Waals surface area contributed by atoms with Crippen LogP contribution in [0.2, 0.25) is 5.02 Å².